The SMILES string of the molecule is C[C@@H]1CN(C(=O)c2coc(-c3ccc(Br)cc3F)n2)CCN1.Cl. The fourth-order valence-corrected chi connectivity index (χ4v) is 2.77. The number of piperazine rings is 1. The molecule has 1 amide bonds. The first-order valence-corrected chi connectivity index (χ1v) is 7.77. The summed E-state index contributed by atoms with van der Waals surface area (Å²) in [5, 5.41) is 3.27. The Morgan fingerprint density at radius 2 is 2.30 bits per heavy atom. The highest BCUT2D eigenvalue weighted by Gasteiger charge is 2.24. The molecule has 8 heteroatoms. The van der Waals surface area contributed by atoms with Gasteiger partial charge in [-0.1, -0.05) is 15.9 Å². The van der Waals surface area contributed by atoms with Crippen molar-refractivity contribution in [3.63, 3.8) is 0 Å². The van der Waals surface area contributed by atoms with Crippen molar-refractivity contribution >= 4 is 34.2 Å². The third-order valence-corrected chi connectivity index (χ3v) is 4.03. The van der Waals surface area contributed by atoms with Crippen LogP contribution in [0.15, 0.2) is 33.4 Å². The van der Waals surface area contributed by atoms with Crippen LogP contribution in [0.2, 0.25) is 0 Å². The minimum atomic E-state index is -0.453. The largest absolute Gasteiger partial charge is 0.444 e. The minimum Gasteiger partial charge on any atom is -0.444 e. The number of nitrogens with zero attached hydrogens (tertiary/aromatic N) is 2. The van der Waals surface area contributed by atoms with E-state index in [1.54, 1.807) is 17.0 Å². The predicted molar refractivity (Wildman–Crippen MR) is 90.2 cm³/mol. The van der Waals surface area contributed by atoms with Crippen LogP contribution in [0.3, 0.4) is 0 Å². The molecule has 0 radical (unpaired) electrons. The Bertz CT molecular complexity index is 710. The molecular weight excluding hydrogens is 389 g/mol. The van der Waals surface area contributed by atoms with Crippen molar-refractivity contribution < 1.29 is 13.6 Å². The fourth-order valence-electron chi connectivity index (χ4n) is 2.44. The van der Waals surface area contributed by atoms with E-state index >= 15 is 0 Å². The van der Waals surface area contributed by atoms with Gasteiger partial charge in [-0.2, -0.15) is 0 Å². The number of carbonyl (C=O) groups is 1. The molecule has 0 aliphatic carbocycles. The maximum absolute atomic E-state index is 13.9. The van der Waals surface area contributed by atoms with E-state index in [2.05, 4.69) is 26.2 Å². The third-order valence-electron chi connectivity index (χ3n) is 3.54. The molecule has 1 atom stereocenters. The number of amides is 1. The van der Waals surface area contributed by atoms with Crippen LogP contribution in [-0.2, 0) is 0 Å². The summed E-state index contributed by atoms with van der Waals surface area (Å²) < 4.78 is 19.8. The van der Waals surface area contributed by atoms with E-state index in [-0.39, 0.29) is 41.5 Å². The second-order valence-corrected chi connectivity index (χ2v) is 6.18. The molecule has 2 heterocycles. The van der Waals surface area contributed by atoms with Crippen LogP contribution in [0.4, 0.5) is 4.39 Å². The number of halogens is 3. The number of carbonyl (C=O) groups excluding carboxylic acids is 1. The van der Waals surface area contributed by atoms with E-state index in [1.165, 1.54) is 12.3 Å². The van der Waals surface area contributed by atoms with Crippen molar-refractivity contribution in [3.05, 3.63) is 40.4 Å². The van der Waals surface area contributed by atoms with Crippen LogP contribution in [0.5, 0.6) is 0 Å². The number of hydrogen-bond donors (Lipinski definition) is 1. The Balaban J connectivity index is 0.00000192. The van der Waals surface area contributed by atoms with Gasteiger partial charge in [0.25, 0.3) is 5.91 Å². The molecule has 0 spiro atoms. The van der Waals surface area contributed by atoms with Gasteiger partial charge in [-0.3, -0.25) is 4.79 Å². The summed E-state index contributed by atoms with van der Waals surface area (Å²) in [6.45, 7) is 4.01. The van der Waals surface area contributed by atoms with Crippen LogP contribution in [0.1, 0.15) is 17.4 Å². The zero-order valence-corrected chi connectivity index (χ0v) is 14.8. The van der Waals surface area contributed by atoms with E-state index in [4.69, 9.17) is 4.42 Å². The van der Waals surface area contributed by atoms with Crippen molar-refractivity contribution in [1.29, 1.82) is 0 Å². The van der Waals surface area contributed by atoms with Crippen LogP contribution in [0, 0.1) is 5.82 Å². The fraction of sp³-hybridized carbons (Fsp3) is 0.333. The maximum atomic E-state index is 13.9. The molecule has 1 aliphatic rings. The quantitative estimate of drug-likeness (QED) is 0.836. The zero-order valence-electron chi connectivity index (χ0n) is 12.4. The summed E-state index contributed by atoms with van der Waals surface area (Å²) in [6.07, 6.45) is 1.28. The monoisotopic (exact) mass is 403 g/mol. The van der Waals surface area contributed by atoms with Crippen molar-refractivity contribution in [3.8, 4) is 11.5 Å². The number of hydrogen-bond acceptors (Lipinski definition) is 4. The standard InChI is InChI=1S/C15H15BrFN3O2.ClH/c1-9-7-20(5-4-18-9)15(21)13-8-22-14(19-13)11-3-2-10(16)6-12(11)17;/h2-3,6,8-9,18H,4-5,7H2,1H3;1H/t9-;/m1./s1. The Kier molecular flexibility index (Phi) is 5.78. The number of rotatable bonds is 2. The van der Waals surface area contributed by atoms with Crippen molar-refractivity contribution in [2.24, 2.45) is 0 Å². The van der Waals surface area contributed by atoms with E-state index in [9.17, 15) is 9.18 Å². The lowest BCUT2D eigenvalue weighted by Gasteiger charge is -2.31. The summed E-state index contributed by atoms with van der Waals surface area (Å²) in [5.41, 5.74) is 0.433. The van der Waals surface area contributed by atoms with Crippen LogP contribution in [0.25, 0.3) is 11.5 Å². The number of nitrogens with one attached hydrogen (secondary N) is 1. The number of oxazole rings is 1. The zero-order chi connectivity index (χ0) is 15.7. The molecule has 1 aromatic carbocycles. The lowest BCUT2D eigenvalue weighted by Crippen LogP contribution is -2.51. The van der Waals surface area contributed by atoms with Gasteiger partial charge in [0.15, 0.2) is 5.69 Å². The highest BCUT2D eigenvalue weighted by Crippen LogP contribution is 2.25. The summed E-state index contributed by atoms with van der Waals surface area (Å²) in [5.74, 6) is -0.538. The average molecular weight is 405 g/mol. The van der Waals surface area contributed by atoms with E-state index in [1.807, 2.05) is 6.92 Å². The second-order valence-electron chi connectivity index (χ2n) is 5.27. The molecule has 2 aromatic rings. The van der Waals surface area contributed by atoms with Crippen molar-refractivity contribution in [1.82, 2.24) is 15.2 Å². The second kappa shape index (κ2) is 7.42. The number of benzene rings is 1. The summed E-state index contributed by atoms with van der Waals surface area (Å²) in [6, 6.07) is 4.83. The number of aromatic nitrogens is 1. The molecular formula is C15H16BrClFN3O2. The van der Waals surface area contributed by atoms with Crippen LogP contribution in [-0.4, -0.2) is 41.5 Å². The van der Waals surface area contributed by atoms with Gasteiger partial charge in [0.05, 0.1) is 5.56 Å². The molecule has 1 saturated heterocycles. The van der Waals surface area contributed by atoms with Gasteiger partial charge >= 0.3 is 0 Å². The molecule has 0 saturated carbocycles. The Morgan fingerprint density at radius 1 is 1.52 bits per heavy atom. The molecule has 1 aliphatic heterocycles. The Morgan fingerprint density at radius 3 is 3.00 bits per heavy atom. The lowest BCUT2D eigenvalue weighted by molar-refractivity contribution is 0.0703. The highest BCUT2D eigenvalue weighted by atomic mass is 79.9. The van der Waals surface area contributed by atoms with Gasteiger partial charge in [-0.05, 0) is 25.1 Å². The van der Waals surface area contributed by atoms with E-state index in [0.717, 1.165) is 6.54 Å². The topological polar surface area (TPSA) is 58.4 Å². The molecule has 0 unspecified atom stereocenters. The van der Waals surface area contributed by atoms with Gasteiger partial charge in [-0.25, -0.2) is 9.37 Å². The summed E-state index contributed by atoms with van der Waals surface area (Å²) in [7, 11) is 0. The molecule has 0 bridgehead atoms. The van der Waals surface area contributed by atoms with Crippen molar-refractivity contribution in [2.45, 2.75) is 13.0 Å². The smallest absolute Gasteiger partial charge is 0.275 e. The predicted octanol–water partition coefficient (Wildman–Crippen LogP) is 3.10. The summed E-state index contributed by atoms with van der Waals surface area (Å²) >= 11 is 3.20. The maximum Gasteiger partial charge on any atom is 0.275 e. The van der Waals surface area contributed by atoms with Gasteiger partial charge in [0.2, 0.25) is 5.89 Å². The molecule has 5 nitrogen and oxygen atoms in total. The molecule has 23 heavy (non-hydrogen) atoms. The first-order chi connectivity index (χ1) is 10.5. The Labute approximate surface area is 147 Å². The first-order valence-electron chi connectivity index (χ1n) is 6.98. The molecule has 1 aromatic heterocycles. The first kappa shape index (κ1) is 17.9. The van der Waals surface area contributed by atoms with E-state index in [0.29, 0.717) is 17.6 Å². The Hall–Kier alpha value is -1.44. The molecule has 3 rings (SSSR count). The highest BCUT2D eigenvalue weighted by molar-refractivity contribution is 9.10. The molecule has 1 N–H and O–H groups in total. The van der Waals surface area contributed by atoms with Crippen LogP contribution < -0.4 is 5.32 Å². The van der Waals surface area contributed by atoms with Gasteiger partial charge in [0.1, 0.15) is 12.1 Å². The third kappa shape index (κ3) is 3.91. The summed E-state index contributed by atoms with van der Waals surface area (Å²) in [4.78, 5) is 18.3. The van der Waals surface area contributed by atoms with Crippen molar-refractivity contribution in [2.75, 3.05) is 19.6 Å². The lowest BCUT2D eigenvalue weighted by atomic mass is 10.2. The van der Waals surface area contributed by atoms with E-state index < -0.39 is 5.82 Å². The molecule has 1 fully saturated rings. The minimum absolute atomic E-state index is 0. The van der Waals surface area contributed by atoms with Gasteiger partial charge in [-0.15, -0.1) is 12.4 Å². The average Bonchev–Trinajstić information content (AvgIpc) is 2.96. The normalized spacial score (nSPS) is 17.7. The van der Waals surface area contributed by atoms with Gasteiger partial charge in [0, 0.05) is 30.1 Å². The van der Waals surface area contributed by atoms with Crippen LogP contribution >= 0.6 is 28.3 Å². The molecule has 124 valence electrons. The van der Waals surface area contributed by atoms with Gasteiger partial charge < -0.3 is 14.6 Å².